The molecule has 2 rings (SSSR count). The van der Waals surface area contributed by atoms with Crippen molar-refractivity contribution >= 4 is 7.69 Å². The fraction of sp³-hybridized carbons (Fsp3) is 0.250. The molecule has 1 radical (unpaired) electrons. The van der Waals surface area contributed by atoms with Gasteiger partial charge in [-0.1, -0.05) is 0 Å². The van der Waals surface area contributed by atoms with Crippen LogP contribution in [-0.4, -0.2) is 44.3 Å². The molecule has 0 saturated heterocycles. The van der Waals surface area contributed by atoms with Crippen LogP contribution < -0.4 is 18.8 Å². The number of aliphatic hydroxyl groups excluding tert-OH is 2. The van der Waals surface area contributed by atoms with E-state index < -0.39 is 0 Å². The molecule has 0 amide bonds. The maximum absolute atomic E-state index is 8.68. The first-order chi connectivity index (χ1) is 11.3. The molecular formula is C16H18BO6. The lowest BCUT2D eigenvalue weighted by atomic mass is 10.3. The van der Waals surface area contributed by atoms with Crippen LogP contribution in [-0.2, 0) is 0 Å². The minimum absolute atomic E-state index is 0.0241. The van der Waals surface area contributed by atoms with E-state index in [2.05, 4.69) is 0 Å². The maximum Gasteiger partial charge on any atom is 0.658 e. The van der Waals surface area contributed by atoms with Crippen molar-refractivity contribution in [2.75, 3.05) is 26.4 Å². The van der Waals surface area contributed by atoms with E-state index in [-0.39, 0.29) is 26.4 Å². The van der Waals surface area contributed by atoms with E-state index in [0.717, 1.165) is 0 Å². The van der Waals surface area contributed by atoms with Crippen molar-refractivity contribution in [2.24, 2.45) is 0 Å². The molecule has 0 aliphatic carbocycles. The van der Waals surface area contributed by atoms with E-state index >= 15 is 0 Å². The van der Waals surface area contributed by atoms with Gasteiger partial charge in [0.1, 0.15) is 36.2 Å². The van der Waals surface area contributed by atoms with Gasteiger partial charge in [0.05, 0.1) is 13.2 Å². The van der Waals surface area contributed by atoms with Crippen molar-refractivity contribution in [3.05, 3.63) is 48.5 Å². The summed E-state index contributed by atoms with van der Waals surface area (Å²) in [5, 5.41) is 17.4. The lowest BCUT2D eigenvalue weighted by Gasteiger charge is -2.09. The van der Waals surface area contributed by atoms with E-state index in [1.165, 1.54) is 7.69 Å². The molecule has 2 aromatic rings. The summed E-state index contributed by atoms with van der Waals surface area (Å²) in [5.41, 5.74) is 0. The molecule has 0 atom stereocenters. The Bertz CT molecular complexity index is 506. The van der Waals surface area contributed by atoms with Gasteiger partial charge in [0.2, 0.25) is 0 Å². The molecule has 0 aliphatic rings. The Morgan fingerprint density at radius 2 is 0.957 bits per heavy atom. The van der Waals surface area contributed by atoms with E-state index in [1.54, 1.807) is 48.5 Å². The Morgan fingerprint density at radius 1 is 0.609 bits per heavy atom. The average molecular weight is 317 g/mol. The van der Waals surface area contributed by atoms with Crippen LogP contribution in [0.2, 0.25) is 0 Å². The van der Waals surface area contributed by atoms with Crippen LogP contribution in [0.5, 0.6) is 23.0 Å². The molecule has 0 aliphatic heterocycles. The molecule has 0 unspecified atom stereocenters. The van der Waals surface area contributed by atoms with Crippen molar-refractivity contribution in [3.8, 4) is 23.0 Å². The summed E-state index contributed by atoms with van der Waals surface area (Å²) in [7, 11) is 1.23. The van der Waals surface area contributed by atoms with E-state index in [1.807, 2.05) is 0 Å². The second-order valence-corrected chi connectivity index (χ2v) is 4.42. The number of rotatable bonds is 10. The summed E-state index contributed by atoms with van der Waals surface area (Å²) >= 11 is 0. The second-order valence-electron chi connectivity index (χ2n) is 4.42. The van der Waals surface area contributed by atoms with Crippen molar-refractivity contribution < 1.29 is 29.0 Å². The highest BCUT2D eigenvalue weighted by Crippen LogP contribution is 2.19. The van der Waals surface area contributed by atoms with Crippen LogP contribution in [0.15, 0.2) is 48.5 Å². The highest BCUT2D eigenvalue weighted by Gasteiger charge is 2.03. The van der Waals surface area contributed by atoms with Crippen LogP contribution in [0.4, 0.5) is 0 Å². The van der Waals surface area contributed by atoms with Gasteiger partial charge in [0, 0.05) is 0 Å². The smallest absolute Gasteiger partial charge is 0.526 e. The van der Waals surface area contributed by atoms with Crippen molar-refractivity contribution in [1.82, 2.24) is 0 Å². The number of aliphatic hydroxyl groups is 2. The van der Waals surface area contributed by atoms with Crippen LogP contribution in [0.1, 0.15) is 0 Å². The second kappa shape index (κ2) is 9.60. The van der Waals surface area contributed by atoms with Gasteiger partial charge in [-0.05, 0) is 48.5 Å². The molecular weight excluding hydrogens is 299 g/mol. The molecule has 0 saturated carbocycles. The first kappa shape index (κ1) is 17.0. The zero-order valence-electron chi connectivity index (χ0n) is 12.6. The van der Waals surface area contributed by atoms with Crippen LogP contribution in [0.25, 0.3) is 0 Å². The fourth-order valence-corrected chi connectivity index (χ4v) is 1.69. The summed E-state index contributed by atoms with van der Waals surface area (Å²) in [6.07, 6.45) is 0. The number of benzene rings is 2. The van der Waals surface area contributed by atoms with E-state index in [4.69, 9.17) is 29.0 Å². The summed E-state index contributed by atoms with van der Waals surface area (Å²) in [5.74, 6) is 2.52. The van der Waals surface area contributed by atoms with Gasteiger partial charge in [-0.3, -0.25) is 0 Å². The first-order valence-corrected chi connectivity index (χ1v) is 7.14. The Kier molecular flexibility index (Phi) is 7.09. The molecule has 0 aromatic heterocycles. The zero-order chi connectivity index (χ0) is 16.3. The van der Waals surface area contributed by atoms with E-state index in [9.17, 15) is 0 Å². The standard InChI is InChI=1S/C16H18BO6/c18-9-11-20-13-1-5-15(6-2-13)22-17-23-16-7-3-14(4-8-16)21-12-10-19/h1-8,18-19H,9-12H2. The lowest BCUT2D eigenvalue weighted by molar-refractivity contribution is 0.201. The maximum atomic E-state index is 8.68. The molecule has 23 heavy (non-hydrogen) atoms. The summed E-state index contributed by atoms with van der Waals surface area (Å²) in [4.78, 5) is 0. The fourth-order valence-electron chi connectivity index (χ4n) is 1.69. The summed E-state index contributed by atoms with van der Waals surface area (Å²) in [6, 6.07) is 13.9. The number of hydrogen-bond donors (Lipinski definition) is 2. The zero-order valence-corrected chi connectivity index (χ0v) is 12.6. The topological polar surface area (TPSA) is 77.4 Å². The van der Waals surface area contributed by atoms with Crippen LogP contribution >= 0.6 is 0 Å². The van der Waals surface area contributed by atoms with Gasteiger partial charge < -0.3 is 29.0 Å². The number of ether oxygens (including phenoxy) is 2. The Balaban J connectivity index is 1.73. The monoisotopic (exact) mass is 317 g/mol. The van der Waals surface area contributed by atoms with Crippen molar-refractivity contribution in [1.29, 1.82) is 0 Å². The third kappa shape index (κ3) is 6.10. The van der Waals surface area contributed by atoms with Crippen molar-refractivity contribution in [3.63, 3.8) is 0 Å². The predicted molar refractivity (Wildman–Crippen MR) is 85.1 cm³/mol. The summed E-state index contributed by atoms with van der Waals surface area (Å²) in [6.45, 7) is 0.467. The van der Waals surface area contributed by atoms with Gasteiger partial charge >= 0.3 is 7.69 Å². The van der Waals surface area contributed by atoms with Gasteiger partial charge in [-0.2, -0.15) is 0 Å². The first-order valence-electron chi connectivity index (χ1n) is 7.14. The minimum atomic E-state index is -0.0241. The highest BCUT2D eigenvalue weighted by molar-refractivity contribution is 6.20. The lowest BCUT2D eigenvalue weighted by Crippen LogP contribution is -2.11. The molecule has 0 spiro atoms. The van der Waals surface area contributed by atoms with Gasteiger partial charge in [0.15, 0.2) is 0 Å². The molecule has 6 nitrogen and oxygen atoms in total. The van der Waals surface area contributed by atoms with Crippen LogP contribution in [0.3, 0.4) is 0 Å². The Labute approximate surface area is 135 Å². The van der Waals surface area contributed by atoms with Crippen molar-refractivity contribution in [2.45, 2.75) is 0 Å². The predicted octanol–water partition coefficient (Wildman–Crippen LogP) is 1.42. The molecule has 0 heterocycles. The molecule has 0 bridgehead atoms. The minimum Gasteiger partial charge on any atom is -0.526 e. The largest absolute Gasteiger partial charge is 0.658 e. The average Bonchev–Trinajstić information content (AvgIpc) is 2.60. The normalized spacial score (nSPS) is 10.0. The van der Waals surface area contributed by atoms with Gasteiger partial charge in [-0.25, -0.2) is 0 Å². The van der Waals surface area contributed by atoms with Crippen LogP contribution in [0, 0.1) is 0 Å². The summed E-state index contributed by atoms with van der Waals surface area (Å²) < 4.78 is 21.2. The number of hydrogen-bond acceptors (Lipinski definition) is 6. The molecule has 7 heteroatoms. The third-order valence-electron chi connectivity index (χ3n) is 2.74. The van der Waals surface area contributed by atoms with Gasteiger partial charge in [-0.15, -0.1) is 0 Å². The van der Waals surface area contributed by atoms with Gasteiger partial charge in [0.25, 0.3) is 0 Å². The molecule has 2 aromatic carbocycles. The Hall–Kier alpha value is -2.38. The Morgan fingerprint density at radius 3 is 1.30 bits per heavy atom. The molecule has 2 N–H and O–H groups in total. The third-order valence-corrected chi connectivity index (χ3v) is 2.74. The molecule has 0 fully saturated rings. The SMILES string of the molecule is OCCOc1ccc(O[B]Oc2ccc(OCCO)cc2)cc1. The molecule has 121 valence electrons. The quantitative estimate of drug-likeness (QED) is 0.646. The highest BCUT2D eigenvalue weighted by atomic mass is 16.6. The van der Waals surface area contributed by atoms with E-state index in [0.29, 0.717) is 23.0 Å².